The molecule has 0 saturated carbocycles. The molecule has 3 rings (SSSR count). The number of aromatic nitrogens is 4. The van der Waals surface area contributed by atoms with Gasteiger partial charge in [0.15, 0.2) is 5.82 Å². The average Bonchev–Trinajstić information content (AvgIpc) is 2.54. The SMILES string of the molecule is COCC(C)(C)Nc1nc(-c2ccncc2Cl)nc2cnccc12. The summed E-state index contributed by atoms with van der Waals surface area (Å²) in [4.78, 5) is 17.4. The Balaban J connectivity index is 2.15. The molecule has 7 heteroatoms. The molecule has 6 nitrogen and oxygen atoms in total. The van der Waals surface area contributed by atoms with Gasteiger partial charge in [-0.05, 0) is 26.0 Å². The van der Waals surface area contributed by atoms with Crippen molar-refractivity contribution in [2.24, 2.45) is 0 Å². The van der Waals surface area contributed by atoms with Gasteiger partial charge in [-0.1, -0.05) is 11.6 Å². The lowest BCUT2D eigenvalue weighted by atomic mass is 10.1. The first-order valence-corrected chi connectivity index (χ1v) is 7.87. The molecule has 0 radical (unpaired) electrons. The van der Waals surface area contributed by atoms with Crippen LogP contribution in [-0.2, 0) is 4.74 Å². The van der Waals surface area contributed by atoms with Crippen LogP contribution in [0.4, 0.5) is 5.82 Å². The van der Waals surface area contributed by atoms with E-state index in [0.29, 0.717) is 23.3 Å². The molecule has 0 atom stereocenters. The van der Waals surface area contributed by atoms with E-state index in [4.69, 9.17) is 16.3 Å². The molecule has 124 valence electrons. The van der Waals surface area contributed by atoms with Gasteiger partial charge in [0.1, 0.15) is 5.82 Å². The third-order valence-corrected chi connectivity index (χ3v) is 3.78. The molecular formula is C17H18ClN5O. The van der Waals surface area contributed by atoms with E-state index in [1.165, 1.54) is 0 Å². The number of halogens is 1. The predicted molar refractivity (Wildman–Crippen MR) is 95.2 cm³/mol. The van der Waals surface area contributed by atoms with Crippen molar-refractivity contribution in [3.63, 3.8) is 0 Å². The Hall–Kier alpha value is -2.31. The highest BCUT2D eigenvalue weighted by Crippen LogP contribution is 2.29. The van der Waals surface area contributed by atoms with Gasteiger partial charge in [0.2, 0.25) is 0 Å². The summed E-state index contributed by atoms with van der Waals surface area (Å²) in [5.41, 5.74) is 1.18. The molecule has 0 unspecified atom stereocenters. The van der Waals surface area contributed by atoms with Crippen LogP contribution < -0.4 is 5.32 Å². The van der Waals surface area contributed by atoms with Crippen molar-refractivity contribution in [2.45, 2.75) is 19.4 Å². The molecule has 0 aliphatic carbocycles. The lowest BCUT2D eigenvalue weighted by Crippen LogP contribution is -2.36. The molecule has 1 N–H and O–H groups in total. The van der Waals surface area contributed by atoms with Crippen LogP contribution in [-0.4, -0.2) is 39.2 Å². The Kier molecular flexibility index (Phi) is 4.59. The summed E-state index contributed by atoms with van der Waals surface area (Å²) >= 11 is 6.25. The topological polar surface area (TPSA) is 72.8 Å². The van der Waals surface area contributed by atoms with Gasteiger partial charge in [-0.25, -0.2) is 9.97 Å². The number of nitrogens with zero attached hydrogens (tertiary/aromatic N) is 4. The smallest absolute Gasteiger partial charge is 0.163 e. The van der Waals surface area contributed by atoms with Gasteiger partial charge in [-0.3, -0.25) is 9.97 Å². The van der Waals surface area contributed by atoms with Gasteiger partial charge >= 0.3 is 0 Å². The van der Waals surface area contributed by atoms with Crippen molar-refractivity contribution < 1.29 is 4.74 Å². The maximum atomic E-state index is 6.25. The van der Waals surface area contributed by atoms with Crippen LogP contribution in [0.2, 0.25) is 5.02 Å². The second kappa shape index (κ2) is 6.67. The average molecular weight is 344 g/mol. The molecule has 0 aliphatic heterocycles. The summed E-state index contributed by atoms with van der Waals surface area (Å²) in [5, 5.41) is 4.82. The second-order valence-corrected chi connectivity index (χ2v) is 6.49. The van der Waals surface area contributed by atoms with Crippen molar-refractivity contribution in [1.82, 2.24) is 19.9 Å². The number of nitrogens with one attached hydrogen (secondary N) is 1. The van der Waals surface area contributed by atoms with E-state index < -0.39 is 0 Å². The highest BCUT2D eigenvalue weighted by molar-refractivity contribution is 6.33. The van der Waals surface area contributed by atoms with Crippen LogP contribution in [0.3, 0.4) is 0 Å². The van der Waals surface area contributed by atoms with Crippen molar-refractivity contribution in [3.8, 4) is 11.4 Å². The number of pyridine rings is 2. The lowest BCUT2D eigenvalue weighted by molar-refractivity contribution is 0.158. The Morgan fingerprint density at radius 3 is 2.62 bits per heavy atom. The third-order valence-electron chi connectivity index (χ3n) is 3.47. The van der Waals surface area contributed by atoms with E-state index in [1.807, 2.05) is 19.9 Å². The summed E-state index contributed by atoms with van der Waals surface area (Å²) in [7, 11) is 1.67. The fourth-order valence-electron chi connectivity index (χ4n) is 2.47. The van der Waals surface area contributed by atoms with Crippen LogP contribution in [0.25, 0.3) is 22.3 Å². The summed E-state index contributed by atoms with van der Waals surface area (Å²) in [5.74, 6) is 1.24. The van der Waals surface area contributed by atoms with Gasteiger partial charge in [0.05, 0.1) is 28.9 Å². The molecule has 3 aromatic heterocycles. The summed E-state index contributed by atoms with van der Waals surface area (Å²) in [6, 6.07) is 3.68. The number of anilines is 1. The molecule has 0 aliphatic rings. The highest BCUT2D eigenvalue weighted by atomic mass is 35.5. The quantitative estimate of drug-likeness (QED) is 0.763. The summed E-state index contributed by atoms with van der Waals surface area (Å²) in [6.45, 7) is 4.63. The second-order valence-electron chi connectivity index (χ2n) is 6.09. The number of hydrogen-bond acceptors (Lipinski definition) is 6. The Morgan fingerprint density at radius 1 is 1.12 bits per heavy atom. The van der Waals surface area contributed by atoms with Gasteiger partial charge in [-0.15, -0.1) is 0 Å². The molecule has 0 amide bonds. The van der Waals surface area contributed by atoms with Gasteiger partial charge in [0.25, 0.3) is 0 Å². The number of rotatable bonds is 5. The largest absolute Gasteiger partial charge is 0.382 e. The van der Waals surface area contributed by atoms with Crippen LogP contribution in [0.15, 0.2) is 36.9 Å². The number of methoxy groups -OCH3 is 1. The molecule has 3 heterocycles. The van der Waals surface area contributed by atoms with Gasteiger partial charge in [0, 0.05) is 36.7 Å². The third kappa shape index (κ3) is 3.44. The van der Waals surface area contributed by atoms with Crippen LogP contribution in [0.5, 0.6) is 0 Å². The molecule has 0 fully saturated rings. The van der Waals surface area contributed by atoms with E-state index in [0.717, 1.165) is 16.5 Å². The molecule has 0 aromatic carbocycles. The fourth-order valence-corrected chi connectivity index (χ4v) is 2.67. The monoisotopic (exact) mass is 343 g/mol. The predicted octanol–water partition coefficient (Wildman–Crippen LogP) is 3.58. The molecule has 3 aromatic rings. The molecule has 0 saturated heterocycles. The van der Waals surface area contributed by atoms with E-state index in [1.54, 1.807) is 38.0 Å². The molecule has 0 bridgehead atoms. The normalized spacial score (nSPS) is 11.7. The maximum Gasteiger partial charge on any atom is 0.163 e. The maximum absolute atomic E-state index is 6.25. The van der Waals surface area contributed by atoms with Crippen molar-refractivity contribution >= 4 is 28.3 Å². The van der Waals surface area contributed by atoms with Gasteiger partial charge in [-0.2, -0.15) is 0 Å². The van der Waals surface area contributed by atoms with Crippen LogP contribution in [0.1, 0.15) is 13.8 Å². The lowest BCUT2D eigenvalue weighted by Gasteiger charge is -2.26. The zero-order chi connectivity index (χ0) is 17.2. The zero-order valence-electron chi connectivity index (χ0n) is 13.7. The van der Waals surface area contributed by atoms with E-state index in [-0.39, 0.29) is 5.54 Å². The molecular weight excluding hydrogens is 326 g/mol. The first-order chi connectivity index (χ1) is 11.5. The number of fused-ring (bicyclic) bond motifs is 1. The fraction of sp³-hybridized carbons (Fsp3) is 0.294. The van der Waals surface area contributed by atoms with Crippen molar-refractivity contribution in [2.75, 3.05) is 19.0 Å². The highest BCUT2D eigenvalue weighted by Gasteiger charge is 2.20. The Morgan fingerprint density at radius 2 is 1.88 bits per heavy atom. The Bertz CT molecular complexity index is 868. The first kappa shape index (κ1) is 16.5. The van der Waals surface area contributed by atoms with Gasteiger partial charge < -0.3 is 10.1 Å². The molecule has 24 heavy (non-hydrogen) atoms. The van der Waals surface area contributed by atoms with E-state index in [9.17, 15) is 0 Å². The summed E-state index contributed by atoms with van der Waals surface area (Å²) in [6.07, 6.45) is 6.68. The number of hydrogen-bond donors (Lipinski definition) is 1. The standard InChI is InChI=1S/C17H18ClN5O/c1-17(2,10-24-3)23-16-12-5-7-20-9-14(12)21-15(22-16)11-4-6-19-8-13(11)18/h4-9H,10H2,1-3H3,(H,21,22,23). The van der Waals surface area contributed by atoms with E-state index in [2.05, 4.69) is 25.3 Å². The number of ether oxygens (including phenoxy) is 1. The minimum Gasteiger partial charge on any atom is -0.382 e. The van der Waals surface area contributed by atoms with E-state index >= 15 is 0 Å². The van der Waals surface area contributed by atoms with Crippen LogP contribution in [0, 0.1) is 0 Å². The van der Waals surface area contributed by atoms with Crippen molar-refractivity contribution in [1.29, 1.82) is 0 Å². The minimum atomic E-state index is -0.293. The Labute approximate surface area is 145 Å². The van der Waals surface area contributed by atoms with Crippen molar-refractivity contribution in [3.05, 3.63) is 41.9 Å². The zero-order valence-corrected chi connectivity index (χ0v) is 14.5. The minimum absolute atomic E-state index is 0.293. The molecule has 0 spiro atoms. The van der Waals surface area contributed by atoms with Crippen LogP contribution >= 0.6 is 11.6 Å². The first-order valence-electron chi connectivity index (χ1n) is 7.49. The summed E-state index contributed by atoms with van der Waals surface area (Å²) < 4.78 is 5.28.